The van der Waals surface area contributed by atoms with Gasteiger partial charge in [0.2, 0.25) is 6.41 Å². The first kappa shape index (κ1) is 27.9. The zero-order valence-electron chi connectivity index (χ0n) is 18.7. The summed E-state index contributed by atoms with van der Waals surface area (Å²) >= 11 is 4.45. The second kappa shape index (κ2) is 16.7. The van der Waals surface area contributed by atoms with Crippen LogP contribution in [0.5, 0.6) is 0 Å². The third kappa shape index (κ3) is 12.5. The van der Waals surface area contributed by atoms with Gasteiger partial charge in [0.15, 0.2) is 0 Å². The number of hydrogen-bond donors (Lipinski definition) is 7. The molecule has 0 saturated heterocycles. The number of nitrogens with two attached hydrogens (primary N) is 1. The van der Waals surface area contributed by atoms with E-state index < -0.39 is 0 Å². The topological polar surface area (TPSA) is 103 Å². The maximum absolute atomic E-state index is 10.4. The number of rotatable bonds is 20. The molecule has 0 bridgehead atoms. The molecule has 0 saturated carbocycles. The molecule has 0 aliphatic heterocycles. The van der Waals surface area contributed by atoms with E-state index in [1.165, 1.54) is 0 Å². The van der Waals surface area contributed by atoms with Crippen molar-refractivity contribution in [2.45, 2.75) is 57.7 Å². The number of hydrogen-bond acceptors (Lipinski definition) is 7. The number of carbonyl (C=O) groups excluding carboxylic acids is 1. The Hall–Kier alpha value is -2.06. The second-order valence-electron chi connectivity index (χ2n) is 7.42. The molecule has 0 heterocycles. The number of thiol groups is 1. The minimum absolute atomic E-state index is 0.00503. The molecule has 0 aliphatic rings. The van der Waals surface area contributed by atoms with Crippen molar-refractivity contribution in [1.82, 2.24) is 26.6 Å². The van der Waals surface area contributed by atoms with Gasteiger partial charge in [0.25, 0.3) is 0 Å². The lowest BCUT2D eigenvalue weighted by molar-refractivity contribution is -0.109. The van der Waals surface area contributed by atoms with Crippen LogP contribution in [0.1, 0.15) is 39.5 Å². The van der Waals surface area contributed by atoms with Crippen LogP contribution < -0.4 is 32.3 Å². The summed E-state index contributed by atoms with van der Waals surface area (Å²) in [5.74, 6) is 0.601. The molecule has 3 atom stereocenters. The zero-order valence-corrected chi connectivity index (χ0v) is 19.6. The highest BCUT2D eigenvalue weighted by Gasteiger charge is 2.15. The van der Waals surface area contributed by atoms with Crippen LogP contribution in [0.2, 0.25) is 0 Å². The van der Waals surface area contributed by atoms with Crippen molar-refractivity contribution in [2.24, 2.45) is 5.73 Å². The fraction of sp³-hybridized carbons (Fsp3) is 0.591. The minimum atomic E-state index is -0.0258. The predicted octanol–water partition coefficient (Wildman–Crippen LogP) is 1.74. The van der Waals surface area contributed by atoms with Gasteiger partial charge in [-0.1, -0.05) is 39.7 Å². The van der Waals surface area contributed by atoms with Crippen LogP contribution in [-0.4, -0.2) is 49.9 Å². The van der Waals surface area contributed by atoms with Crippen LogP contribution in [0, 0.1) is 0 Å². The number of amides is 1. The van der Waals surface area contributed by atoms with Crippen LogP contribution in [-0.2, 0) is 4.79 Å². The quantitative estimate of drug-likeness (QED) is 0.0888. The van der Waals surface area contributed by atoms with E-state index in [0.717, 1.165) is 55.0 Å². The van der Waals surface area contributed by atoms with Gasteiger partial charge in [0, 0.05) is 34.6 Å². The van der Waals surface area contributed by atoms with Crippen LogP contribution in [0.15, 0.2) is 49.1 Å². The molecule has 0 aliphatic carbocycles. The molecule has 7 N–H and O–H groups in total. The van der Waals surface area contributed by atoms with E-state index in [-0.39, 0.29) is 12.1 Å². The lowest BCUT2D eigenvalue weighted by atomic mass is 10.1. The van der Waals surface area contributed by atoms with Crippen molar-refractivity contribution in [2.75, 3.05) is 25.4 Å². The summed E-state index contributed by atoms with van der Waals surface area (Å²) in [5, 5.41) is 16.0. The Balaban J connectivity index is 4.45. The maximum atomic E-state index is 10.4. The average molecular weight is 439 g/mol. The predicted molar refractivity (Wildman–Crippen MR) is 132 cm³/mol. The highest BCUT2D eigenvalue weighted by atomic mass is 32.1. The molecule has 3 unspecified atom stereocenters. The van der Waals surface area contributed by atoms with Gasteiger partial charge in [0.1, 0.15) is 0 Å². The van der Waals surface area contributed by atoms with E-state index >= 15 is 0 Å². The Kier molecular flexibility index (Phi) is 15.6. The molecule has 30 heavy (non-hydrogen) atoms. The van der Waals surface area contributed by atoms with E-state index in [1.54, 1.807) is 0 Å². The van der Waals surface area contributed by atoms with Gasteiger partial charge in [-0.05, 0) is 32.7 Å². The van der Waals surface area contributed by atoms with E-state index in [0.29, 0.717) is 31.3 Å². The van der Waals surface area contributed by atoms with Crippen molar-refractivity contribution in [1.29, 1.82) is 0 Å². The third-order valence-electron chi connectivity index (χ3n) is 4.64. The molecule has 0 aromatic heterocycles. The van der Waals surface area contributed by atoms with Gasteiger partial charge >= 0.3 is 0 Å². The summed E-state index contributed by atoms with van der Waals surface area (Å²) in [6.45, 7) is 22.1. The Bertz CT molecular complexity index is 566. The Morgan fingerprint density at radius 3 is 2.20 bits per heavy atom. The van der Waals surface area contributed by atoms with Gasteiger partial charge in [-0.15, -0.1) is 0 Å². The molecule has 172 valence electrons. The van der Waals surface area contributed by atoms with Crippen LogP contribution >= 0.6 is 12.6 Å². The van der Waals surface area contributed by atoms with Crippen molar-refractivity contribution < 1.29 is 4.79 Å². The standard InChI is InChI=1S/C22H42N6OS/c1-7-21(27-17(3)12-24-15-29)19(5)25-13-18(4)28-22(14-30)20(6)26-16(2)10-8-9-11-23/h15-16,21-22,25-28,30H,3-14,23H2,1-2H3,(H,24,29). The highest BCUT2D eigenvalue weighted by Crippen LogP contribution is 2.07. The summed E-state index contributed by atoms with van der Waals surface area (Å²) in [5.41, 5.74) is 8.84. The average Bonchev–Trinajstić information content (AvgIpc) is 2.72. The molecular formula is C22H42N6OS. The Morgan fingerprint density at radius 1 is 1.00 bits per heavy atom. The van der Waals surface area contributed by atoms with Crippen LogP contribution in [0.25, 0.3) is 0 Å². The van der Waals surface area contributed by atoms with Crippen molar-refractivity contribution in [3.63, 3.8) is 0 Å². The Labute approximate surface area is 188 Å². The fourth-order valence-corrected chi connectivity index (χ4v) is 3.18. The van der Waals surface area contributed by atoms with E-state index in [4.69, 9.17) is 5.73 Å². The molecule has 1 amide bonds. The zero-order chi connectivity index (χ0) is 22.9. The van der Waals surface area contributed by atoms with E-state index in [9.17, 15) is 4.79 Å². The molecule has 0 aromatic rings. The third-order valence-corrected chi connectivity index (χ3v) is 5.00. The lowest BCUT2D eigenvalue weighted by Crippen LogP contribution is -2.42. The normalized spacial score (nSPS) is 13.3. The molecule has 0 rings (SSSR count). The number of nitrogens with one attached hydrogen (secondary N) is 5. The summed E-state index contributed by atoms with van der Waals surface area (Å²) in [4.78, 5) is 10.4. The van der Waals surface area contributed by atoms with E-state index in [2.05, 4.69) is 79.4 Å². The monoisotopic (exact) mass is 438 g/mol. The van der Waals surface area contributed by atoms with Crippen LogP contribution in [0.4, 0.5) is 0 Å². The van der Waals surface area contributed by atoms with Crippen molar-refractivity contribution >= 4 is 19.0 Å². The van der Waals surface area contributed by atoms with Gasteiger partial charge in [-0.2, -0.15) is 12.6 Å². The highest BCUT2D eigenvalue weighted by molar-refractivity contribution is 7.80. The molecule has 0 radical (unpaired) electrons. The van der Waals surface area contributed by atoms with Gasteiger partial charge in [-0.25, -0.2) is 0 Å². The molecule has 0 fully saturated rings. The summed E-state index contributed by atoms with van der Waals surface area (Å²) in [6, 6.07) is 0.310. The number of unbranched alkanes of at least 4 members (excludes halogenated alkanes) is 1. The second-order valence-corrected chi connectivity index (χ2v) is 7.79. The van der Waals surface area contributed by atoms with E-state index in [1.807, 2.05) is 0 Å². The fourth-order valence-electron chi connectivity index (χ4n) is 2.87. The number of carbonyl (C=O) groups is 1. The first-order valence-corrected chi connectivity index (χ1v) is 11.2. The van der Waals surface area contributed by atoms with Crippen molar-refractivity contribution in [3.05, 3.63) is 49.1 Å². The maximum Gasteiger partial charge on any atom is 0.207 e. The summed E-state index contributed by atoms with van der Waals surface area (Å²) < 4.78 is 0. The first-order valence-electron chi connectivity index (χ1n) is 10.5. The minimum Gasteiger partial charge on any atom is -0.385 e. The molecular weight excluding hydrogens is 396 g/mol. The molecule has 0 spiro atoms. The molecule has 8 heteroatoms. The SMILES string of the molecule is C=C(CNC=O)NC(CC)C(=C)NCC(=C)NC(CS)C(=C)NC(C)CCCCN. The largest absolute Gasteiger partial charge is 0.385 e. The first-order chi connectivity index (χ1) is 14.3. The van der Waals surface area contributed by atoms with Crippen molar-refractivity contribution in [3.8, 4) is 0 Å². The van der Waals surface area contributed by atoms with Gasteiger partial charge < -0.3 is 32.3 Å². The summed E-state index contributed by atoms with van der Waals surface area (Å²) in [6.07, 6.45) is 4.66. The van der Waals surface area contributed by atoms with Crippen LogP contribution in [0.3, 0.4) is 0 Å². The molecule has 7 nitrogen and oxygen atoms in total. The van der Waals surface area contributed by atoms with Gasteiger partial charge in [-0.3, -0.25) is 4.79 Å². The lowest BCUT2D eigenvalue weighted by Gasteiger charge is -2.27. The van der Waals surface area contributed by atoms with Gasteiger partial charge in [0.05, 0.1) is 25.2 Å². The smallest absolute Gasteiger partial charge is 0.207 e. The molecule has 0 aromatic carbocycles. The Morgan fingerprint density at radius 2 is 1.63 bits per heavy atom. The summed E-state index contributed by atoms with van der Waals surface area (Å²) in [7, 11) is 0.